The van der Waals surface area contributed by atoms with E-state index in [1.165, 1.54) is 23.1 Å². The summed E-state index contributed by atoms with van der Waals surface area (Å²) in [5, 5.41) is 3.59. The molecule has 1 N–H and O–H groups in total. The van der Waals surface area contributed by atoms with E-state index in [1.807, 2.05) is 0 Å². The van der Waals surface area contributed by atoms with Gasteiger partial charge in [-0.15, -0.1) is 0 Å². The smallest absolute Gasteiger partial charge is 0.00931 e. The van der Waals surface area contributed by atoms with Crippen LogP contribution in [0.4, 0.5) is 0 Å². The first-order chi connectivity index (χ1) is 10.2. The highest BCUT2D eigenvalue weighted by molar-refractivity contribution is 5.63. The number of rotatable bonds is 7. The largest absolute Gasteiger partial charge is 0.314 e. The van der Waals surface area contributed by atoms with Crippen molar-refractivity contribution in [2.24, 2.45) is 5.92 Å². The Bertz CT molecular complexity index is 513. The second-order valence-corrected chi connectivity index (χ2v) is 6.01. The maximum absolute atomic E-state index is 3.59. The second kappa shape index (κ2) is 7.99. The molecule has 0 saturated heterocycles. The Morgan fingerprint density at radius 3 is 2.05 bits per heavy atom. The van der Waals surface area contributed by atoms with Crippen molar-refractivity contribution in [3.05, 3.63) is 60.2 Å². The zero-order chi connectivity index (χ0) is 15.1. The van der Waals surface area contributed by atoms with E-state index in [4.69, 9.17) is 0 Å². The molecule has 1 atom stereocenters. The van der Waals surface area contributed by atoms with Crippen molar-refractivity contribution in [2.75, 3.05) is 6.54 Å². The zero-order valence-electron chi connectivity index (χ0n) is 13.5. The summed E-state index contributed by atoms with van der Waals surface area (Å²) in [6.45, 7) is 7.83. The first kappa shape index (κ1) is 15.8. The van der Waals surface area contributed by atoms with Gasteiger partial charge >= 0.3 is 0 Å². The SMILES string of the molecule is CCNC(CCc1ccc(-c2ccccc2)cc1)C(C)C. The second-order valence-electron chi connectivity index (χ2n) is 6.01. The summed E-state index contributed by atoms with van der Waals surface area (Å²) >= 11 is 0. The average Bonchev–Trinajstić information content (AvgIpc) is 2.52. The maximum atomic E-state index is 3.59. The van der Waals surface area contributed by atoms with Crippen LogP contribution in [-0.4, -0.2) is 12.6 Å². The van der Waals surface area contributed by atoms with Crippen LogP contribution >= 0.6 is 0 Å². The number of hydrogen-bond acceptors (Lipinski definition) is 1. The van der Waals surface area contributed by atoms with Gasteiger partial charge < -0.3 is 5.32 Å². The highest BCUT2D eigenvalue weighted by Gasteiger charge is 2.11. The molecule has 21 heavy (non-hydrogen) atoms. The van der Waals surface area contributed by atoms with Crippen LogP contribution < -0.4 is 5.32 Å². The molecule has 1 heteroatoms. The molecule has 0 aliphatic carbocycles. The molecule has 0 radical (unpaired) electrons. The van der Waals surface area contributed by atoms with Crippen LogP contribution in [0.2, 0.25) is 0 Å². The molecular formula is C20H27N. The molecule has 0 fully saturated rings. The van der Waals surface area contributed by atoms with Crippen molar-refractivity contribution >= 4 is 0 Å². The standard InChI is InChI=1S/C20H27N/c1-4-21-20(16(2)3)15-12-17-10-13-19(14-11-17)18-8-6-5-7-9-18/h5-11,13-14,16,20-21H,4,12,15H2,1-3H3. The van der Waals surface area contributed by atoms with Crippen LogP contribution in [0.1, 0.15) is 32.8 Å². The van der Waals surface area contributed by atoms with Gasteiger partial charge in [0.1, 0.15) is 0 Å². The molecule has 0 amide bonds. The summed E-state index contributed by atoms with van der Waals surface area (Å²) in [4.78, 5) is 0. The van der Waals surface area contributed by atoms with Gasteiger partial charge in [0.05, 0.1) is 0 Å². The Hall–Kier alpha value is -1.60. The Kier molecular flexibility index (Phi) is 6.01. The molecule has 0 saturated carbocycles. The van der Waals surface area contributed by atoms with Crippen molar-refractivity contribution in [1.82, 2.24) is 5.32 Å². The number of hydrogen-bond donors (Lipinski definition) is 1. The Labute approximate surface area is 129 Å². The molecule has 112 valence electrons. The maximum Gasteiger partial charge on any atom is 0.00931 e. The van der Waals surface area contributed by atoms with Gasteiger partial charge in [-0.25, -0.2) is 0 Å². The van der Waals surface area contributed by atoms with Gasteiger partial charge in [0.2, 0.25) is 0 Å². The van der Waals surface area contributed by atoms with Crippen LogP contribution in [0, 0.1) is 5.92 Å². The molecule has 0 bridgehead atoms. The summed E-state index contributed by atoms with van der Waals surface area (Å²) in [6.07, 6.45) is 2.35. The quantitative estimate of drug-likeness (QED) is 0.759. The molecular weight excluding hydrogens is 254 g/mol. The van der Waals surface area contributed by atoms with Gasteiger partial charge in [-0.05, 0) is 42.0 Å². The molecule has 0 heterocycles. The first-order valence-corrected chi connectivity index (χ1v) is 8.08. The summed E-state index contributed by atoms with van der Waals surface area (Å²) < 4.78 is 0. The van der Waals surface area contributed by atoms with Crippen LogP contribution in [0.5, 0.6) is 0 Å². The molecule has 0 spiro atoms. The molecule has 0 aromatic heterocycles. The normalized spacial score (nSPS) is 12.6. The lowest BCUT2D eigenvalue weighted by Gasteiger charge is -2.21. The average molecular weight is 281 g/mol. The monoisotopic (exact) mass is 281 g/mol. The lowest BCUT2D eigenvalue weighted by atomic mass is 9.95. The van der Waals surface area contributed by atoms with Crippen molar-refractivity contribution in [3.8, 4) is 11.1 Å². The van der Waals surface area contributed by atoms with Crippen LogP contribution in [0.3, 0.4) is 0 Å². The van der Waals surface area contributed by atoms with E-state index in [9.17, 15) is 0 Å². The van der Waals surface area contributed by atoms with Crippen molar-refractivity contribution < 1.29 is 0 Å². The van der Waals surface area contributed by atoms with Crippen LogP contribution in [0.15, 0.2) is 54.6 Å². The molecule has 1 unspecified atom stereocenters. The molecule has 2 aromatic rings. The fraction of sp³-hybridized carbons (Fsp3) is 0.400. The Balaban J connectivity index is 1.96. The van der Waals surface area contributed by atoms with E-state index in [0.29, 0.717) is 12.0 Å². The lowest BCUT2D eigenvalue weighted by Crippen LogP contribution is -2.34. The lowest BCUT2D eigenvalue weighted by molar-refractivity contribution is 0.385. The van der Waals surface area contributed by atoms with Gasteiger partial charge in [0.25, 0.3) is 0 Å². The van der Waals surface area contributed by atoms with Crippen LogP contribution in [-0.2, 0) is 6.42 Å². The number of nitrogens with one attached hydrogen (secondary N) is 1. The van der Waals surface area contributed by atoms with Gasteiger partial charge in [-0.3, -0.25) is 0 Å². The topological polar surface area (TPSA) is 12.0 Å². The van der Waals surface area contributed by atoms with Gasteiger partial charge in [0, 0.05) is 6.04 Å². The third kappa shape index (κ3) is 4.71. The zero-order valence-corrected chi connectivity index (χ0v) is 13.5. The van der Waals surface area contributed by atoms with Gasteiger partial charge in [-0.1, -0.05) is 75.4 Å². The highest BCUT2D eigenvalue weighted by Crippen LogP contribution is 2.20. The van der Waals surface area contributed by atoms with Crippen molar-refractivity contribution in [2.45, 2.75) is 39.7 Å². The predicted molar refractivity (Wildman–Crippen MR) is 92.5 cm³/mol. The van der Waals surface area contributed by atoms with Gasteiger partial charge in [-0.2, -0.15) is 0 Å². The van der Waals surface area contributed by atoms with E-state index in [2.05, 4.69) is 80.7 Å². The minimum Gasteiger partial charge on any atom is -0.314 e. The number of benzene rings is 2. The Morgan fingerprint density at radius 2 is 1.48 bits per heavy atom. The van der Waals surface area contributed by atoms with Gasteiger partial charge in [0.15, 0.2) is 0 Å². The molecule has 2 aromatic carbocycles. The minimum atomic E-state index is 0.615. The summed E-state index contributed by atoms with van der Waals surface area (Å²) in [5.74, 6) is 0.688. The van der Waals surface area contributed by atoms with E-state index in [1.54, 1.807) is 0 Å². The third-order valence-electron chi connectivity index (χ3n) is 4.08. The fourth-order valence-corrected chi connectivity index (χ4v) is 2.75. The van der Waals surface area contributed by atoms with Crippen molar-refractivity contribution in [3.63, 3.8) is 0 Å². The summed E-state index contributed by atoms with van der Waals surface area (Å²) in [7, 11) is 0. The van der Waals surface area contributed by atoms with E-state index in [0.717, 1.165) is 13.0 Å². The van der Waals surface area contributed by atoms with E-state index >= 15 is 0 Å². The summed E-state index contributed by atoms with van der Waals surface area (Å²) in [5.41, 5.74) is 4.02. The van der Waals surface area contributed by atoms with Crippen molar-refractivity contribution in [1.29, 1.82) is 0 Å². The highest BCUT2D eigenvalue weighted by atomic mass is 14.9. The summed E-state index contributed by atoms with van der Waals surface area (Å²) in [6, 6.07) is 20.2. The fourth-order valence-electron chi connectivity index (χ4n) is 2.75. The van der Waals surface area contributed by atoms with E-state index in [-0.39, 0.29) is 0 Å². The van der Waals surface area contributed by atoms with E-state index < -0.39 is 0 Å². The molecule has 2 rings (SSSR count). The first-order valence-electron chi connectivity index (χ1n) is 8.08. The molecule has 1 nitrogen and oxygen atoms in total. The number of aryl methyl sites for hydroxylation is 1. The predicted octanol–water partition coefficient (Wildman–Crippen LogP) is 4.92. The molecule has 0 aliphatic rings. The third-order valence-corrected chi connectivity index (χ3v) is 4.08. The van der Waals surface area contributed by atoms with Crippen LogP contribution in [0.25, 0.3) is 11.1 Å². The Morgan fingerprint density at radius 1 is 0.857 bits per heavy atom. The minimum absolute atomic E-state index is 0.615. The molecule has 0 aliphatic heterocycles.